The molecule has 0 unspecified atom stereocenters. The van der Waals surface area contributed by atoms with Crippen LogP contribution in [0, 0.1) is 12.7 Å². The molecular weight excluding hydrogens is 337 g/mol. The number of likely N-dealkylation sites (tertiary alicyclic amines) is 1. The van der Waals surface area contributed by atoms with Crippen LogP contribution in [0.25, 0.3) is 5.65 Å². The van der Waals surface area contributed by atoms with Gasteiger partial charge in [0.1, 0.15) is 0 Å². The van der Waals surface area contributed by atoms with Crippen molar-refractivity contribution in [2.45, 2.75) is 32.2 Å². The fourth-order valence-corrected chi connectivity index (χ4v) is 3.46. The highest BCUT2D eigenvalue weighted by atomic mass is 19.1. The number of nitrogens with one attached hydrogen (secondary N) is 1. The quantitative estimate of drug-likeness (QED) is 0.764. The van der Waals surface area contributed by atoms with Crippen LogP contribution in [-0.4, -0.2) is 36.9 Å². The molecule has 8 heteroatoms. The summed E-state index contributed by atoms with van der Waals surface area (Å²) < 4.78 is 14.9. The molecule has 4 heterocycles. The van der Waals surface area contributed by atoms with E-state index >= 15 is 0 Å². The molecule has 3 aromatic heterocycles. The highest BCUT2D eigenvalue weighted by Crippen LogP contribution is 2.31. The number of fused-ring (bicyclic) bond motifs is 1. The maximum absolute atomic E-state index is 13.9. The van der Waals surface area contributed by atoms with Gasteiger partial charge in [-0.15, -0.1) is 0 Å². The molecule has 1 atom stereocenters. The van der Waals surface area contributed by atoms with E-state index in [0.717, 1.165) is 23.8 Å². The van der Waals surface area contributed by atoms with Crippen molar-refractivity contribution in [3.63, 3.8) is 0 Å². The minimum Gasteiger partial charge on any atom is -0.330 e. The van der Waals surface area contributed by atoms with Crippen LogP contribution in [0.2, 0.25) is 0 Å². The third kappa shape index (κ3) is 2.67. The first-order valence-corrected chi connectivity index (χ1v) is 8.55. The average Bonchev–Trinajstić information content (AvgIpc) is 3.10. The van der Waals surface area contributed by atoms with Gasteiger partial charge in [-0.1, -0.05) is 0 Å². The number of nitrogens with zero attached hydrogens (tertiary/aromatic N) is 4. The van der Waals surface area contributed by atoms with Gasteiger partial charge in [-0.2, -0.15) is 8.91 Å². The van der Waals surface area contributed by atoms with Crippen LogP contribution >= 0.6 is 0 Å². The van der Waals surface area contributed by atoms with Gasteiger partial charge in [-0.05, 0) is 38.3 Å². The number of H-pyrrole nitrogens is 1. The molecule has 1 N–H and O–H groups in total. The Morgan fingerprint density at radius 2 is 2.23 bits per heavy atom. The second-order valence-electron chi connectivity index (χ2n) is 6.47. The first kappa shape index (κ1) is 16.4. The van der Waals surface area contributed by atoms with E-state index in [9.17, 15) is 14.0 Å². The number of aromatic nitrogens is 4. The molecule has 1 fully saturated rings. The lowest BCUT2D eigenvalue weighted by molar-refractivity contribution is 0.0605. The summed E-state index contributed by atoms with van der Waals surface area (Å²) >= 11 is 0. The average molecular weight is 355 g/mol. The number of hydrogen-bond acceptors (Lipinski definition) is 4. The van der Waals surface area contributed by atoms with Crippen molar-refractivity contribution in [3.05, 3.63) is 63.7 Å². The van der Waals surface area contributed by atoms with Crippen molar-refractivity contribution >= 4 is 11.6 Å². The van der Waals surface area contributed by atoms with Crippen LogP contribution in [-0.2, 0) is 0 Å². The van der Waals surface area contributed by atoms with Crippen LogP contribution in [0.4, 0.5) is 4.39 Å². The van der Waals surface area contributed by atoms with E-state index in [1.807, 2.05) is 0 Å². The zero-order valence-electron chi connectivity index (χ0n) is 14.3. The standard InChI is InChI=1S/C18H18FN5O2/c1-11-16(19)18(26)24-15(21-11)9-13(22-24)14-6-2-3-8-23(14)17(25)12-5-4-7-20-10-12/h4-5,7,9-10,14,22H,2-3,6,8H2,1H3/t14-/m1/s1. The maximum Gasteiger partial charge on any atom is 0.308 e. The van der Waals surface area contributed by atoms with Crippen molar-refractivity contribution in [1.29, 1.82) is 0 Å². The molecule has 0 saturated carbocycles. The zero-order valence-corrected chi connectivity index (χ0v) is 14.3. The van der Waals surface area contributed by atoms with Gasteiger partial charge in [-0.3, -0.25) is 19.7 Å². The van der Waals surface area contributed by atoms with E-state index in [1.54, 1.807) is 35.5 Å². The Morgan fingerprint density at radius 1 is 1.38 bits per heavy atom. The molecule has 1 aliphatic heterocycles. The number of piperidine rings is 1. The molecule has 7 nitrogen and oxygen atoms in total. The molecule has 26 heavy (non-hydrogen) atoms. The molecule has 4 rings (SSSR count). The summed E-state index contributed by atoms with van der Waals surface area (Å²) in [7, 11) is 0. The Kier molecular flexibility index (Phi) is 4.02. The molecule has 0 spiro atoms. The van der Waals surface area contributed by atoms with Crippen LogP contribution in [0.3, 0.4) is 0 Å². The third-order valence-electron chi connectivity index (χ3n) is 4.78. The maximum atomic E-state index is 13.9. The van der Waals surface area contributed by atoms with E-state index in [2.05, 4.69) is 15.1 Å². The van der Waals surface area contributed by atoms with Crippen LogP contribution in [0.5, 0.6) is 0 Å². The lowest BCUT2D eigenvalue weighted by Crippen LogP contribution is -2.38. The lowest BCUT2D eigenvalue weighted by atomic mass is 9.98. The SMILES string of the molecule is Cc1nc2cc([C@H]3CCCCN3C(=O)c3cccnc3)[nH]n2c(=O)c1F. The van der Waals surface area contributed by atoms with Gasteiger partial charge >= 0.3 is 5.56 Å². The van der Waals surface area contributed by atoms with Gasteiger partial charge in [0.15, 0.2) is 5.65 Å². The van der Waals surface area contributed by atoms with Crippen molar-refractivity contribution in [2.75, 3.05) is 6.54 Å². The number of hydrogen-bond donors (Lipinski definition) is 1. The summed E-state index contributed by atoms with van der Waals surface area (Å²) in [6.07, 6.45) is 5.80. The topological polar surface area (TPSA) is 83.4 Å². The van der Waals surface area contributed by atoms with Crippen LogP contribution < -0.4 is 5.56 Å². The molecule has 3 aromatic rings. The largest absolute Gasteiger partial charge is 0.330 e. The van der Waals surface area contributed by atoms with E-state index < -0.39 is 11.4 Å². The normalized spacial score (nSPS) is 17.6. The fourth-order valence-electron chi connectivity index (χ4n) is 3.46. The second kappa shape index (κ2) is 6.36. The Morgan fingerprint density at radius 3 is 3.00 bits per heavy atom. The Labute approximate surface area is 148 Å². The lowest BCUT2D eigenvalue weighted by Gasteiger charge is -2.35. The summed E-state index contributed by atoms with van der Waals surface area (Å²) in [6, 6.07) is 4.95. The minimum absolute atomic E-state index is 0.0625. The number of carbonyl (C=O) groups excluding carboxylic acids is 1. The first-order chi connectivity index (χ1) is 12.6. The van der Waals surface area contributed by atoms with Gasteiger partial charge < -0.3 is 4.90 Å². The Hall–Kier alpha value is -3.03. The van der Waals surface area contributed by atoms with Gasteiger partial charge in [0.2, 0.25) is 5.82 Å². The molecule has 1 amide bonds. The number of carbonyl (C=O) groups is 1. The van der Waals surface area contributed by atoms with Gasteiger partial charge in [0, 0.05) is 25.0 Å². The zero-order chi connectivity index (χ0) is 18.3. The fraction of sp³-hybridized carbons (Fsp3) is 0.333. The molecule has 0 bridgehead atoms. The summed E-state index contributed by atoms with van der Waals surface area (Å²) in [6.45, 7) is 2.08. The Balaban J connectivity index is 1.75. The van der Waals surface area contributed by atoms with Crippen molar-refractivity contribution in [1.82, 2.24) is 24.5 Å². The van der Waals surface area contributed by atoms with E-state index in [-0.39, 0.29) is 17.6 Å². The predicted molar refractivity (Wildman–Crippen MR) is 92.4 cm³/mol. The number of halogens is 1. The van der Waals surface area contributed by atoms with Gasteiger partial charge in [0.25, 0.3) is 5.91 Å². The number of pyridine rings is 1. The minimum atomic E-state index is -0.872. The second-order valence-corrected chi connectivity index (χ2v) is 6.47. The van der Waals surface area contributed by atoms with Crippen LogP contribution in [0.1, 0.15) is 47.1 Å². The summed E-state index contributed by atoms with van der Waals surface area (Å²) in [5.74, 6) is -0.980. The predicted octanol–water partition coefficient (Wildman–Crippen LogP) is 2.23. The number of aromatic amines is 1. The molecule has 0 aliphatic carbocycles. The van der Waals surface area contributed by atoms with Gasteiger partial charge in [-0.25, -0.2) is 4.98 Å². The van der Waals surface area contributed by atoms with Crippen molar-refractivity contribution in [2.24, 2.45) is 0 Å². The van der Waals surface area contributed by atoms with Crippen molar-refractivity contribution < 1.29 is 9.18 Å². The van der Waals surface area contributed by atoms with Crippen LogP contribution in [0.15, 0.2) is 35.4 Å². The number of rotatable bonds is 2. The molecule has 134 valence electrons. The molecular formula is C18H18FN5O2. The highest BCUT2D eigenvalue weighted by molar-refractivity contribution is 5.94. The van der Waals surface area contributed by atoms with E-state index in [4.69, 9.17) is 0 Å². The van der Waals surface area contributed by atoms with E-state index in [0.29, 0.717) is 23.4 Å². The Bertz CT molecular complexity index is 1030. The van der Waals surface area contributed by atoms with Gasteiger partial charge in [0.05, 0.1) is 23.0 Å². The van der Waals surface area contributed by atoms with Crippen molar-refractivity contribution in [3.8, 4) is 0 Å². The molecule has 0 aromatic carbocycles. The number of amides is 1. The smallest absolute Gasteiger partial charge is 0.308 e. The highest BCUT2D eigenvalue weighted by Gasteiger charge is 2.30. The molecule has 0 radical (unpaired) electrons. The monoisotopic (exact) mass is 355 g/mol. The molecule has 1 saturated heterocycles. The summed E-state index contributed by atoms with van der Waals surface area (Å²) in [5, 5.41) is 2.93. The third-order valence-corrected chi connectivity index (χ3v) is 4.78. The number of aryl methyl sites for hydroxylation is 1. The van der Waals surface area contributed by atoms with E-state index in [1.165, 1.54) is 6.92 Å². The first-order valence-electron chi connectivity index (χ1n) is 8.55. The molecule has 1 aliphatic rings. The summed E-state index contributed by atoms with van der Waals surface area (Å²) in [5.41, 5.74) is 0.847. The summed E-state index contributed by atoms with van der Waals surface area (Å²) in [4.78, 5) is 34.9.